The first-order valence-electron chi connectivity index (χ1n) is 7.54. The molecule has 2 N–H and O–H groups in total. The monoisotopic (exact) mass is 309 g/mol. The van der Waals surface area contributed by atoms with Crippen molar-refractivity contribution < 1.29 is 14.3 Å². The number of anilines is 1. The van der Waals surface area contributed by atoms with E-state index in [1.165, 1.54) is 0 Å². The number of hydrogen-bond donors (Lipinski definition) is 2. The van der Waals surface area contributed by atoms with Crippen LogP contribution in [0.15, 0.2) is 47.1 Å². The highest BCUT2D eigenvalue weighted by atomic mass is 16.3. The quantitative estimate of drug-likeness (QED) is 0.772. The second-order valence-corrected chi connectivity index (χ2v) is 5.79. The summed E-state index contributed by atoms with van der Waals surface area (Å²) in [6, 6.07) is 11.5. The normalized spacial score (nSPS) is 10.9. The number of amides is 1. The third kappa shape index (κ3) is 3.27. The van der Waals surface area contributed by atoms with E-state index in [0.29, 0.717) is 0 Å². The van der Waals surface area contributed by atoms with Crippen molar-refractivity contribution in [2.75, 3.05) is 5.32 Å². The van der Waals surface area contributed by atoms with Gasteiger partial charge in [0, 0.05) is 16.6 Å². The first-order chi connectivity index (χ1) is 11.1. The Balaban J connectivity index is 1.79. The second kappa shape index (κ2) is 6.26. The van der Waals surface area contributed by atoms with Crippen molar-refractivity contribution in [1.29, 1.82) is 0 Å². The van der Waals surface area contributed by atoms with E-state index in [1.54, 1.807) is 12.3 Å². The molecule has 0 unspecified atom stereocenters. The van der Waals surface area contributed by atoms with Gasteiger partial charge in [-0.3, -0.25) is 4.79 Å². The fraction of sp³-hybridized carbons (Fsp3) is 0.211. The molecule has 0 saturated carbocycles. The van der Waals surface area contributed by atoms with Crippen molar-refractivity contribution >= 4 is 22.6 Å². The van der Waals surface area contributed by atoms with Crippen LogP contribution in [-0.4, -0.2) is 11.0 Å². The molecule has 118 valence electrons. The number of benzene rings is 2. The van der Waals surface area contributed by atoms with Crippen molar-refractivity contribution in [3.63, 3.8) is 0 Å². The van der Waals surface area contributed by atoms with Crippen LogP contribution in [0.25, 0.3) is 11.0 Å². The third-order valence-electron chi connectivity index (χ3n) is 3.92. The number of nitrogens with one attached hydrogen (secondary N) is 1. The largest absolute Gasteiger partial charge is 0.464 e. The molecule has 0 aliphatic carbocycles. The summed E-state index contributed by atoms with van der Waals surface area (Å²) < 4.78 is 5.53. The van der Waals surface area contributed by atoms with Crippen LogP contribution in [0, 0.1) is 13.8 Å². The lowest BCUT2D eigenvalue weighted by Gasteiger charge is -2.09. The van der Waals surface area contributed by atoms with Crippen LogP contribution in [0.1, 0.15) is 22.3 Å². The predicted molar refractivity (Wildman–Crippen MR) is 90.4 cm³/mol. The van der Waals surface area contributed by atoms with Gasteiger partial charge in [-0.2, -0.15) is 0 Å². The van der Waals surface area contributed by atoms with E-state index in [4.69, 9.17) is 4.42 Å². The maximum Gasteiger partial charge on any atom is 0.228 e. The molecule has 1 heterocycles. The number of aryl methyl sites for hydroxylation is 2. The molecular weight excluding hydrogens is 290 g/mol. The Morgan fingerprint density at radius 3 is 2.78 bits per heavy atom. The number of rotatable bonds is 4. The van der Waals surface area contributed by atoms with Gasteiger partial charge in [0.25, 0.3) is 0 Å². The average molecular weight is 309 g/mol. The molecule has 0 atom stereocenters. The fourth-order valence-electron chi connectivity index (χ4n) is 2.60. The molecule has 2 aromatic carbocycles. The minimum Gasteiger partial charge on any atom is -0.464 e. The van der Waals surface area contributed by atoms with Crippen molar-refractivity contribution in [3.8, 4) is 0 Å². The number of aliphatic hydroxyl groups is 1. The topological polar surface area (TPSA) is 62.5 Å². The van der Waals surface area contributed by atoms with Crippen molar-refractivity contribution in [2.45, 2.75) is 26.9 Å². The molecule has 0 aliphatic heterocycles. The molecule has 1 aromatic heterocycles. The summed E-state index contributed by atoms with van der Waals surface area (Å²) in [5, 5.41) is 13.1. The van der Waals surface area contributed by atoms with Crippen LogP contribution in [-0.2, 0) is 17.8 Å². The van der Waals surface area contributed by atoms with E-state index >= 15 is 0 Å². The van der Waals surface area contributed by atoms with E-state index in [0.717, 1.165) is 38.9 Å². The zero-order valence-corrected chi connectivity index (χ0v) is 13.2. The molecule has 23 heavy (non-hydrogen) atoms. The first kappa shape index (κ1) is 15.3. The molecule has 0 bridgehead atoms. The summed E-state index contributed by atoms with van der Waals surface area (Å²) in [5.74, 6) is -0.105. The summed E-state index contributed by atoms with van der Waals surface area (Å²) in [6.07, 6.45) is 1.89. The van der Waals surface area contributed by atoms with Gasteiger partial charge in [-0.05, 0) is 42.7 Å². The summed E-state index contributed by atoms with van der Waals surface area (Å²) in [6.45, 7) is 3.88. The minimum atomic E-state index is -0.105. The zero-order chi connectivity index (χ0) is 16.4. The molecule has 1 amide bonds. The van der Waals surface area contributed by atoms with Gasteiger partial charge in [0.05, 0.1) is 19.3 Å². The highest BCUT2D eigenvalue weighted by molar-refractivity contribution is 5.96. The molecule has 4 heteroatoms. The first-order valence-corrected chi connectivity index (χ1v) is 7.54. The van der Waals surface area contributed by atoms with Gasteiger partial charge in [-0.15, -0.1) is 0 Å². The highest BCUT2D eigenvalue weighted by Crippen LogP contribution is 2.23. The molecule has 0 saturated heterocycles. The molecule has 3 rings (SSSR count). The van der Waals surface area contributed by atoms with Gasteiger partial charge in [-0.25, -0.2) is 0 Å². The van der Waals surface area contributed by atoms with Crippen LogP contribution in [0.3, 0.4) is 0 Å². The second-order valence-electron chi connectivity index (χ2n) is 5.79. The Hall–Kier alpha value is -2.59. The number of hydrogen-bond acceptors (Lipinski definition) is 3. The van der Waals surface area contributed by atoms with Gasteiger partial charge in [0.15, 0.2) is 0 Å². The summed E-state index contributed by atoms with van der Waals surface area (Å²) >= 11 is 0. The van der Waals surface area contributed by atoms with Crippen LogP contribution in [0.4, 0.5) is 5.69 Å². The Morgan fingerprint density at radius 2 is 2.00 bits per heavy atom. The lowest BCUT2D eigenvalue weighted by molar-refractivity contribution is -0.115. The maximum absolute atomic E-state index is 12.3. The van der Waals surface area contributed by atoms with Gasteiger partial charge >= 0.3 is 0 Å². The van der Waals surface area contributed by atoms with Gasteiger partial charge < -0.3 is 14.8 Å². The SMILES string of the molecule is Cc1ccc2c(CC(=O)Nc3cc(CO)ccc3C)coc2c1. The Labute approximate surface area is 134 Å². The van der Waals surface area contributed by atoms with E-state index in [-0.39, 0.29) is 18.9 Å². The van der Waals surface area contributed by atoms with Crippen molar-refractivity contribution in [3.05, 3.63) is 64.9 Å². The van der Waals surface area contributed by atoms with Gasteiger partial charge in [-0.1, -0.05) is 24.3 Å². The minimum absolute atomic E-state index is 0.0468. The predicted octanol–water partition coefficient (Wildman–Crippen LogP) is 3.72. The molecule has 0 spiro atoms. The zero-order valence-electron chi connectivity index (χ0n) is 13.2. The lowest BCUT2D eigenvalue weighted by Crippen LogP contribution is -2.15. The smallest absolute Gasteiger partial charge is 0.228 e. The number of carbonyl (C=O) groups is 1. The van der Waals surface area contributed by atoms with Gasteiger partial charge in [0.2, 0.25) is 5.91 Å². The number of furan rings is 1. The van der Waals surface area contributed by atoms with Crippen LogP contribution in [0.5, 0.6) is 0 Å². The van der Waals surface area contributed by atoms with E-state index in [1.807, 2.05) is 44.2 Å². The van der Waals surface area contributed by atoms with Crippen molar-refractivity contribution in [1.82, 2.24) is 0 Å². The van der Waals surface area contributed by atoms with E-state index < -0.39 is 0 Å². The average Bonchev–Trinajstić information content (AvgIpc) is 2.91. The summed E-state index contributed by atoms with van der Waals surface area (Å²) in [5.41, 5.74) is 5.25. The number of fused-ring (bicyclic) bond motifs is 1. The number of carbonyl (C=O) groups excluding carboxylic acids is 1. The van der Waals surface area contributed by atoms with E-state index in [9.17, 15) is 9.90 Å². The van der Waals surface area contributed by atoms with Crippen LogP contribution in [0.2, 0.25) is 0 Å². The van der Waals surface area contributed by atoms with E-state index in [2.05, 4.69) is 5.32 Å². The standard InChI is InChI=1S/C19H19NO3/c1-12-3-6-16-15(11-23-18(16)7-12)9-19(22)20-17-8-14(10-21)5-4-13(17)2/h3-8,11,21H,9-10H2,1-2H3,(H,20,22). The highest BCUT2D eigenvalue weighted by Gasteiger charge is 2.12. The molecule has 0 fully saturated rings. The number of aliphatic hydroxyl groups excluding tert-OH is 1. The van der Waals surface area contributed by atoms with Crippen LogP contribution >= 0.6 is 0 Å². The third-order valence-corrected chi connectivity index (χ3v) is 3.92. The molecule has 3 aromatic rings. The Bertz CT molecular complexity index is 864. The molecule has 0 radical (unpaired) electrons. The molecule has 4 nitrogen and oxygen atoms in total. The summed E-state index contributed by atoms with van der Waals surface area (Å²) in [4.78, 5) is 12.3. The van der Waals surface area contributed by atoms with Gasteiger partial charge in [0.1, 0.15) is 5.58 Å². The Kier molecular flexibility index (Phi) is 4.17. The van der Waals surface area contributed by atoms with Crippen LogP contribution < -0.4 is 5.32 Å². The Morgan fingerprint density at radius 1 is 1.17 bits per heavy atom. The maximum atomic E-state index is 12.3. The fourth-order valence-corrected chi connectivity index (χ4v) is 2.60. The van der Waals surface area contributed by atoms with Crippen molar-refractivity contribution in [2.24, 2.45) is 0 Å². The molecular formula is C19H19NO3. The summed E-state index contributed by atoms with van der Waals surface area (Å²) in [7, 11) is 0. The molecule has 0 aliphatic rings. The lowest BCUT2D eigenvalue weighted by atomic mass is 10.1.